The van der Waals surface area contributed by atoms with E-state index in [-0.39, 0.29) is 0 Å². The highest BCUT2D eigenvalue weighted by molar-refractivity contribution is 5.05. The first-order chi connectivity index (χ1) is 8.83. The summed E-state index contributed by atoms with van der Waals surface area (Å²) in [6.45, 7) is 2.64. The molecule has 104 valence electrons. The number of hydrogen-bond acceptors (Lipinski definition) is 2. The zero-order chi connectivity index (χ0) is 12.4. The van der Waals surface area contributed by atoms with Gasteiger partial charge >= 0.3 is 0 Å². The van der Waals surface area contributed by atoms with Crippen molar-refractivity contribution in [2.45, 2.75) is 82.2 Å². The van der Waals surface area contributed by atoms with Crippen molar-refractivity contribution < 1.29 is 0 Å². The Morgan fingerprint density at radius 3 is 2.06 bits per heavy atom. The fraction of sp³-hybridized carbons (Fsp3) is 1.00. The lowest BCUT2D eigenvalue weighted by Gasteiger charge is -2.47. The van der Waals surface area contributed by atoms with Gasteiger partial charge in [-0.15, -0.1) is 0 Å². The summed E-state index contributed by atoms with van der Waals surface area (Å²) in [4.78, 5) is 2.79. The maximum Gasteiger partial charge on any atom is 0.0363 e. The predicted octanol–water partition coefficient (Wildman–Crippen LogP) is 3.30. The quantitative estimate of drug-likeness (QED) is 0.832. The summed E-state index contributed by atoms with van der Waals surface area (Å²) in [5.74, 6) is 0.817. The zero-order valence-corrected chi connectivity index (χ0v) is 11.9. The van der Waals surface area contributed by atoms with E-state index in [0.29, 0.717) is 11.6 Å². The molecule has 3 fully saturated rings. The monoisotopic (exact) mass is 250 g/mol. The van der Waals surface area contributed by atoms with Gasteiger partial charge in [0.05, 0.1) is 0 Å². The van der Waals surface area contributed by atoms with Crippen LogP contribution in [0, 0.1) is 5.92 Å². The van der Waals surface area contributed by atoms with Gasteiger partial charge in [-0.05, 0) is 57.5 Å². The third-order valence-corrected chi connectivity index (χ3v) is 5.98. The predicted molar refractivity (Wildman–Crippen MR) is 76.6 cm³/mol. The maximum absolute atomic E-state index is 6.83. The van der Waals surface area contributed by atoms with Crippen molar-refractivity contribution in [2.24, 2.45) is 11.7 Å². The first-order valence-corrected chi connectivity index (χ1v) is 8.34. The van der Waals surface area contributed by atoms with Crippen LogP contribution in [0.4, 0.5) is 0 Å². The molecule has 18 heavy (non-hydrogen) atoms. The Morgan fingerprint density at radius 1 is 0.833 bits per heavy atom. The van der Waals surface area contributed by atoms with Crippen molar-refractivity contribution in [3.8, 4) is 0 Å². The van der Waals surface area contributed by atoms with Gasteiger partial charge in [-0.1, -0.05) is 32.1 Å². The van der Waals surface area contributed by atoms with Crippen LogP contribution in [0.5, 0.6) is 0 Å². The molecule has 2 heteroatoms. The van der Waals surface area contributed by atoms with Crippen molar-refractivity contribution in [1.29, 1.82) is 0 Å². The Kier molecular flexibility index (Phi) is 3.95. The molecule has 1 heterocycles. The van der Waals surface area contributed by atoms with Crippen LogP contribution in [-0.4, -0.2) is 29.6 Å². The molecule has 0 aromatic rings. The molecular formula is C16H30N2. The number of nitrogens with zero attached hydrogens (tertiary/aromatic N) is 1. The lowest BCUT2D eigenvalue weighted by atomic mass is 9.73. The number of hydrogen-bond donors (Lipinski definition) is 1. The molecule has 1 atom stereocenters. The van der Waals surface area contributed by atoms with Gasteiger partial charge in [-0.2, -0.15) is 0 Å². The molecule has 2 N–H and O–H groups in total. The van der Waals surface area contributed by atoms with Gasteiger partial charge in [0.25, 0.3) is 0 Å². The molecule has 1 aliphatic heterocycles. The largest absolute Gasteiger partial charge is 0.326 e. The molecule has 2 nitrogen and oxygen atoms in total. The third kappa shape index (κ3) is 2.22. The first-order valence-electron chi connectivity index (χ1n) is 8.34. The standard InChI is InChI=1S/C16H30N2/c17-15(14-8-2-1-3-9-14)16(10-4-5-11-16)18-12-6-7-13-18/h14-15H,1-13,17H2. The van der Waals surface area contributed by atoms with Gasteiger partial charge in [0.1, 0.15) is 0 Å². The van der Waals surface area contributed by atoms with Crippen molar-refractivity contribution in [3.63, 3.8) is 0 Å². The molecule has 0 amide bonds. The minimum Gasteiger partial charge on any atom is -0.326 e. The fourth-order valence-corrected chi connectivity index (χ4v) is 4.94. The molecule has 2 saturated carbocycles. The summed E-state index contributed by atoms with van der Waals surface area (Å²) >= 11 is 0. The van der Waals surface area contributed by atoms with Crippen molar-refractivity contribution >= 4 is 0 Å². The molecule has 0 bridgehead atoms. The van der Waals surface area contributed by atoms with E-state index in [1.54, 1.807) is 0 Å². The van der Waals surface area contributed by atoms with Crippen molar-refractivity contribution in [1.82, 2.24) is 4.90 Å². The number of rotatable bonds is 3. The van der Waals surface area contributed by atoms with Gasteiger partial charge in [0.2, 0.25) is 0 Å². The molecule has 3 rings (SSSR count). The first kappa shape index (κ1) is 12.9. The van der Waals surface area contributed by atoms with Crippen LogP contribution in [0.15, 0.2) is 0 Å². The highest BCUT2D eigenvalue weighted by atomic mass is 15.2. The van der Waals surface area contributed by atoms with Crippen LogP contribution in [0.3, 0.4) is 0 Å². The number of nitrogens with two attached hydrogens (primary N) is 1. The van der Waals surface area contributed by atoms with Crippen LogP contribution in [0.25, 0.3) is 0 Å². The topological polar surface area (TPSA) is 29.3 Å². The average Bonchev–Trinajstić information content (AvgIpc) is 3.10. The normalized spacial score (nSPS) is 31.8. The van der Waals surface area contributed by atoms with E-state index in [9.17, 15) is 0 Å². The Hall–Kier alpha value is -0.0800. The smallest absolute Gasteiger partial charge is 0.0363 e. The Balaban J connectivity index is 1.75. The van der Waals surface area contributed by atoms with E-state index in [4.69, 9.17) is 5.73 Å². The van der Waals surface area contributed by atoms with Gasteiger partial charge < -0.3 is 5.73 Å². The number of likely N-dealkylation sites (tertiary alicyclic amines) is 1. The molecule has 0 radical (unpaired) electrons. The van der Waals surface area contributed by atoms with E-state index < -0.39 is 0 Å². The highest BCUT2D eigenvalue weighted by Gasteiger charge is 2.47. The van der Waals surface area contributed by atoms with E-state index >= 15 is 0 Å². The van der Waals surface area contributed by atoms with E-state index in [1.807, 2.05) is 0 Å². The summed E-state index contributed by atoms with van der Waals surface area (Å²) in [7, 11) is 0. The van der Waals surface area contributed by atoms with Crippen LogP contribution >= 0.6 is 0 Å². The maximum atomic E-state index is 6.83. The second kappa shape index (κ2) is 5.50. The molecule has 0 spiro atoms. The lowest BCUT2D eigenvalue weighted by Crippen LogP contribution is -2.60. The van der Waals surface area contributed by atoms with Crippen LogP contribution in [0.1, 0.15) is 70.6 Å². The summed E-state index contributed by atoms with van der Waals surface area (Å²) in [5, 5.41) is 0. The Labute approximate surface area is 112 Å². The molecule has 1 unspecified atom stereocenters. The summed E-state index contributed by atoms with van der Waals surface area (Å²) < 4.78 is 0. The Bertz CT molecular complexity index is 258. The van der Waals surface area contributed by atoms with Crippen molar-refractivity contribution in [3.05, 3.63) is 0 Å². The highest BCUT2D eigenvalue weighted by Crippen LogP contribution is 2.43. The summed E-state index contributed by atoms with van der Waals surface area (Å²) in [5.41, 5.74) is 7.23. The zero-order valence-electron chi connectivity index (χ0n) is 11.9. The fourth-order valence-electron chi connectivity index (χ4n) is 4.94. The SMILES string of the molecule is NC(C1CCCCC1)C1(N2CCCC2)CCCC1. The lowest BCUT2D eigenvalue weighted by molar-refractivity contribution is 0.0586. The Morgan fingerprint density at radius 2 is 1.44 bits per heavy atom. The molecule has 0 aromatic heterocycles. The molecule has 3 aliphatic rings. The van der Waals surface area contributed by atoms with Crippen molar-refractivity contribution in [2.75, 3.05) is 13.1 Å². The molecular weight excluding hydrogens is 220 g/mol. The van der Waals surface area contributed by atoms with E-state index in [0.717, 1.165) is 5.92 Å². The molecule has 0 aromatic carbocycles. The molecule has 2 aliphatic carbocycles. The van der Waals surface area contributed by atoms with Gasteiger partial charge in [0.15, 0.2) is 0 Å². The van der Waals surface area contributed by atoms with Crippen LogP contribution < -0.4 is 5.73 Å². The second-order valence-corrected chi connectivity index (χ2v) is 6.93. The summed E-state index contributed by atoms with van der Waals surface area (Å²) in [6.07, 6.45) is 15.5. The minimum absolute atomic E-state index is 0.401. The molecule has 1 saturated heterocycles. The van der Waals surface area contributed by atoms with E-state index in [2.05, 4.69) is 4.90 Å². The van der Waals surface area contributed by atoms with Gasteiger partial charge in [0, 0.05) is 11.6 Å². The van der Waals surface area contributed by atoms with E-state index in [1.165, 1.54) is 83.7 Å². The third-order valence-electron chi connectivity index (χ3n) is 5.98. The van der Waals surface area contributed by atoms with Gasteiger partial charge in [-0.25, -0.2) is 0 Å². The van der Waals surface area contributed by atoms with Gasteiger partial charge in [-0.3, -0.25) is 4.90 Å². The average molecular weight is 250 g/mol. The summed E-state index contributed by atoms with van der Waals surface area (Å²) in [6, 6.07) is 0.457. The second-order valence-electron chi connectivity index (χ2n) is 6.93. The minimum atomic E-state index is 0.401. The van der Waals surface area contributed by atoms with Crippen LogP contribution in [-0.2, 0) is 0 Å². The van der Waals surface area contributed by atoms with Crippen LogP contribution in [0.2, 0.25) is 0 Å².